The van der Waals surface area contributed by atoms with Gasteiger partial charge in [0.15, 0.2) is 0 Å². The maximum absolute atomic E-state index is 9.12. The highest BCUT2D eigenvalue weighted by Crippen LogP contribution is 2.32. The predicted molar refractivity (Wildman–Crippen MR) is 67.8 cm³/mol. The maximum Gasteiger partial charge on any atom is 0.0535 e. The molecule has 0 aromatic heterocycles. The minimum atomic E-state index is 0.193. The van der Waals surface area contributed by atoms with E-state index in [0.29, 0.717) is 5.92 Å². The molecule has 0 bridgehead atoms. The Morgan fingerprint density at radius 2 is 2.38 bits per heavy atom. The van der Waals surface area contributed by atoms with Crippen molar-refractivity contribution in [3.05, 3.63) is 33.8 Å². The molecule has 1 aromatic rings. The van der Waals surface area contributed by atoms with Crippen molar-refractivity contribution in [1.82, 2.24) is 0 Å². The quantitative estimate of drug-likeness (QED) is 0.925. The summed E-state index contributed by atoms with van der Waals surface area (Å²) >= 11 is 3.62. The molecular weight excluding hydrogens is 268 g/mol. The molecule has 88 valence electrons. The Labute approximate surface area is 105 Å². The van der Waals surface area contributed by atoms with Gasteiger partial charge in [-0.25, -0.2) is 0 Å². The second kappa shape index (κ2) is 5.30. The molecule has 1 aliphatic heterocycles. The first kappa shape index (κ1) is 12.1. The topological polar surface area (TPSA) is 29.5 Å². The Balaban J connectivity index is 2.22. The molecule has 2 nitrogen and oxygen atoms in total. The molecule has 2 atom stereocenters. The van der Waals surface area contributed by atoms with Crippen LogP contribution in [0.4, 0.5) is 0 Å². The Hall–Kier alpha value is -0.380. The van der Waals surface area contributed by atoms with Gasteiger partial charge < -0.3 is 9.84 Å². The second-order valence-corrected chi connectivity index (χ2v) is 5.28. The summed E-state index contributed by atoms with van der Waals surface area (Å²) in [5.41, 5.74) is 2.50. The molecule has 16 heavy (non-hydrogen) atoms. The Morgan fingerprint density at radius 1 is 1.56 bits per heavy atom. The number of hydrogen-bond donors (Lipinski definition) is 1. The van der Waals surface area contributed by atoms with Crippen LogP contribution < -0.4 is 0 Å². The van der Waals surface area contributed by atoms with E-state index in [4.69, 9.17) is 9.84 Å². The van der Waals surface area contributed by atoms with E-state index in [0.717, 1.165) is 24.1 Å². The first-order chi connectivity index (χ1) is 7.72. The first-order valence-corrected chi connectivity index (χ1v) is 6.49. The van der Waals surface area contributed by atoms with Gasteiger partial charge in [0.1, 0.15) is 0 Å². The molecular formula is C13H17BrO2. The van der Waals surface area contributed by atoms with Crippen molar-refractivity contribution in [2.24, 2.45) is 0 Å². The lowest BCUT2D eigenvalue weighted by molar-refractivity contribution is 0.194. The molecule has 3 heteroatoms. The summed E-state index contributed by atoms with van der Waals surface area (Å²) in [6, 6.07) is 6.39. The SMILES string of the molecule is CC(CO)c1ccc(C2CCOC2)c(Br)c1. The monoisotopic (exact) mass is 284 g/mol. The van der Waals surface area contributed by atoms with E-state index in [1.54, 1.807) is 0 Å². The van der Waals surface area contributed by atoms with Gasteiger partial charge in [0.25, 0.3) is 0 Å². The van der Waals surface area contributed by atoms with Gasteiger partial charge in [-0.3, -0.25) is 0 Å². The van der Waals surface area contributed by atoms with Crippen LogP contribution in [0.3, 0.4) is 0 Å². The van der Waals surface area contributed by atoms with Crippen LogP contribution in [0.25, 0.3) is 0 Å². The van der Waals surface area contributed by atoms with Gasteiger partial charge in [-0.05, 0) is 23.6 Å². The molecule has 0 radical (unpaired) electrons. The molecule has 2 rings (SSSR count). The van der Waals surface area contributed by atoms with Crippen LogP contribution in [0.2, 0.25) is 0 Å². The average Bonchev–Trinajstić information content (AvgIpc) is 2.81. The van der Waals surface area contributed by atoms with E-state index < -0.39 is 0 Å². The molecule has 1 saturated heterocycles. The average molecular weight is 285 g/mol. The lowest BCUT2D eigenvalue weighted by atomic mass is 9.94. The van der Waals surface area contributed by atoms with E-state index in [-0.39, 0.29) is 12.5 Å². The zero-order chi connectivity index (χ0) is 11.5. The van der Waals surface area contributed by atoms with Crippen molar-refractivity contribution in [3.8, 4) is 0 Å². The normalized spacial score (nSPS) is 22.3. The molecule has 1 aliphatic rings. The largest absolute Gasteiger partial charge is 0.396 e. The highest BCUT2D eigenvalue weighted by atomic mass is 79.9. The fourth-order valence-corrected chi connectivity index (χ4v) is 2.79. The van der Waals surface area contributed by atoms with Gasteiger partial charge in [-0.15, -0.1) is 0 Å². The lowest BCUT2D eigenvalue weighted by Crippen LogP contribution is -2.02. The van der Waals surface area contributed by atoms with Crippen LogP contribution >= 0.6 is 15.9 Å². The van der Waals surface area contributed by atoms with Crippen LogP contribution in [0.5, 0.6) is 0 Å². The Bertz CT molecular complexity index is 359. The van der Waals surface area contributed by atoms with Crippen LogP contribution in [0.15, 0.2) is 22.7 Å². The summed E-state index contributed by atoms with van der Waals surface area (Å²) in [5.74, 6) is 0.720. The van der Waals surface area contributed by atoms with Gasteiger partial charge >= 0.3 is 0 Å². The zero-order valence-electron chi connectivity index (χ0n) is 9.45. The van der Waals surface area contributed by atoms with Crippen molar-refractivity contribution in [1.29, 1.82) is 0 Å². The number of aliphatic hydroxyl groups is 1. The van der Waals surface area contributed by atoms with E-state index in [9.17, 15) is 0 Å². The summed E-state index contributed by atoms with van der Waals surface area (Å²) in [7, 11) is 0. The molecule has 0 saturated carbocycles. The molecule has 2 unspecified atom stereocenters. The van der Waals surface area contributed by atoms with Gasteiger partial charge in [0.2, 0.25) is 0 Å². The van der Waals surface area contributed by atoms with Crippen LogP contribution in [0.1, 0.15) is 36.3 Å². The van der Waals surface area contributed by atoms with Crippen molar-refractivity contribution in [3.63, 3.8) is 0 Å². The number of ether oxygens (including phenoxy) is 1. The van der Waals surface area contributed by atoms with E-state index >= 15 is 0 Å². The van der Waals surface area contributed by atoms with Crippen LogP contribution in [-0.4, -0.2) is 24.9 Å². The number of aliphatic hydroxyl groups excluding tert-OH is 1. The number of benzene rings is 1. The summed E-state index contributed by atoms with van der Waals surface area (Å²) in [6.45, 7) is 3.91. The fourth-order valence-electron chi connectivity index (χ4n) is 2.07. The smallest absolute Gasteiger partial charge is 0.0535 e. The molecule has 1 heterocycles. The highest BCUT2D eigenvalue weighted by Gasteiger charge is 2.20. The number of hydrogen-bond acceptors (Lipinski definition) is 2. The number of halogens is 1. The van der Waals surface area contributed by atoms with Crippen molar-refractivity contribution in [2.75, 3.05) is 19.8 Å². The molecule has 1 N–H and O–H groups in total. The summed E-state index contributed by atoms with van der Waals surface area (Å²) in [6.07, 6.45) is 1.10. The van der Waals surface area contributed by atoms with Crippen molar-refractivity contribution in [2.45, 2.75) is 25.2 Å². The van der Waals surface area contributed by atoms with E-state index in [2.05, 4.69) is 34.1 Å². The summed E-state index contributed by atoms with van der Waals surface area (Å²) in [4.78, 5) is 0. The third-order valence-electron chi connectivity index (χ3n) is 3.24. The molecule has 0 spiro atoms. The zero-order valence-corrected chi connectivity index (χ0v) is 11.0. The van der Waals surface area contributed by atoms with Gasteiger partial charge in [0.05, 0.1) is 6.61 Å². The minimum Gasteiger partial charge on any atom is -0.396 e. The third kappa shape index (κ3) is 2.47. The standard InChI is InChI=1S/C13H17BrO2/c1-9(7-15)10-2-3-12(13(14)6-10)11-4-5-16-8-11/h2-3,6,9,11,15H,4-5,7-8H2,1H3. The Morgan fingerprint density at radius 3 is 2.94 bits per heavy atom. The summed E-state index contributed by atoms with van der Waals surface area (Å²) < 4.78 is 6.54. The van der Waals surface area contributed by atoms with Gasteiger partial charge in [-0.2, -0.15) is 0 Å². The fraction of sp³-hybridized carbons (Fsp3) is 0.538. The van der Waals surface area contributed by atoms with Gasteiger partial charge in [-0.1, -0.05) is 35.0 Å². The molecule has 0 amide bonds. The third-order valence-corrected chi connectivity index (χ3v) is 3.92. The summed E-state index contributed by atoms with van der Waals surface area (Å²) in [5, 5.41) is 9.12. The van der Waals surface area contributed by atoms with Crippen LogP contribution in [0, 0.1) is 0 Å². The van der Waals surface area contributed by atoms with E-state index in [1.165, 1.54) is 11.1 Å². The highest BCUT2D eigenvalue weighted by molar-refractivity contribution is 9.10. The first-order valence-electron chi connectivity index (χ1n) is 5.70. The molecule has 1 aromatic carbocycles. The van der Waals surface area contributed by atoms with E-state index in [1.807, 2.05) is 6.92 Å². The second-order valence-electron chi connectivity index (χ2n) is 4.43. The molecule has 0 aliphatic carbocycles. The number of rotatable bonds is 3. The van der Waals surface area contributed by atoms with Crippen LogP contribution in [-0.2, 0) is 4.74 Å². The molecule has 1 fully saturated rings. The minimum absolute atomic E-state index is 0.193. The maximum atomic E-state index is 9.12. The van der Waals surface area contributed by atoms with Gasteiger partial charge in [0, 0.05) is 29.5 Å². The predicted octanol–water partition coefficient (Wildman–Crippen LogP) is 3.05. The lowest BCUT2D eigenvalue weighted by Gasteiger charge is -2.14. The van der Waals surface area contributed by atoms with Crippen molar-refractivity contribution < 1.29 is 9.84 Å². The van der Waals surface area contributed by atoms with Crippen molar-refractivity contribution >= 4 is 15.9 Å². The Kier molecular flexibility index (Phi) is 4.00.